The molecule has 7 nitrogen and oxygen atoms in total. The average molecular weight is 515 g/mol. The summed E-state index contributed by atoms with van der Waals surface area (Å²) in [4.78, 5) is 20.7. The number of aromatic nitrogens is 2. The molecule has 2 N–H and O–H groups in total. The Balaban J connectivity index is 0.00000280. The van der Waals surface area contributed by atoms with E-state index in [4.69, 9.17) is 4.99 Å². The molecule has 1 aliphatic heterocycles. The van der Waals surface area contributed by atoms with E-state index < -0.39 is 0 Å². The number of nitrogens with zero attached hydrogens (tertiary/aromatic N) is 5. The highest BCUT2D eigenvalue weighted by Crippen LogP contribution is 2.15. The van der Waals surface area contributed by atoms with E-state index in [1.165, 1.54) is 9.75 Å². The van der Waals surface area contributed by atoms with Crippen molar-refractivity contribution in [2.24, 2.45) is 4.99 Å². The Morgan fingerprint density at radius 1 is 1.14 bits per heavy atom. The van der Waals surface area contributed by atoms with E-state index in [9.17, 15) is 0 Å². The summed E-state index contributed by atoms with van der Waals surface area (Å²) in [6.07, 6.45) is 3.61. The van der Waals surface area contributed by atoms with Gasteiger partial charge in [0.15, 0.2) is 5.96 Å². The fourth-order valence-electron chi connectivity index (χ4n) is 3.03. The van der Waals surface area contributed by atoms with E-state index in [1.807, 2.05) is 6.07 Å². The molecule has 0 unspecified atom stereocenters. The molecule has 1 fully saturated rings. The van der Waals surface area contributed by atoms with Crippen molar-refractivity contribution < 1.29 is 0 Å². The third-order valence-corrected chi connectivity index (χ3v) is 5.45. The van der Waals surface area contributed by atoms with E-state index in [2.05, 4.69) is 56.4 Å². The zero-order chi connectivity index (χ0) is 18.9. The third-order valence-electron chi connectivity index (χ3n) is 4.46. The summed E-state index contributed by atoms with van der Waals surface area (Å²) in [7, 11) is 0. The minimum atomic E-state index is 0. The van der Waals surface area contributed by atoms with Crippen LogP contribution in [0.2, 0.25) is 0 Å². The van der Waals surface area contributed by atoms with E-state index >= 15 is 0 Å². The first-order chi connectivity index (χ1) is 13.2. The summed E-state index contributed by atoms with van der Waals surface area (Å²) in [5.41, 5.74) is 0. The van der Waals surface area contributed by atoms with Crippen molar-refractivity contribution in [3.8, 4) is 0 Å². The van der Waals surface area contributed by atoms with Crippen LogP contribution in [0, 0.1) is 6.92 Å². The van der Waals surface area contributed by atoms with E-state index in [1.54, 1.807) is 23.7 Å². The summed E-state index contributed by atoms with van der Waals surface area (Å²) in [5.74, 6) is 1.72. The Kier molecular flexibility index (Phi) is 9.93. The molecule has 2 aromatic rings. The van der Waals surface area contributed by atoms with Crippen LogP contribution in [0.25, 0.3) is 0 Å². The van der Waals surface area contributed by atoms with Gasteiger partial charge in [0, 0.05) is 68.0 Å². The highest BCUT2D eigenvalue weighted by molar-refractivity contribution is 14.0. The number of piperazine rings is 1. The molecule has 1 saturated heterocycles. The van der Waals surface area contributed by atoms with Gasteiger partial charge >= 0.3 is 0 Å². The molecule has 154 valence electrons. The lowest BCUT2D eigenvalue weighted by Gasteiger charge is -2.34. The number of aliphatic imine (C=N–C) groups is 1. The van der Waals surface area contributed by atoms with Gasteiger partial charge in [0.1, 0.15) is 0 Å². The van der Waals surface area contributed by atoms with E-state index in [-0.39, 0.29) is 24.0 Å². The van der Waals surface area contributed by atoms with Gasteiger partial charge in [-0.05, 0) is 32.0 Å². The topological polar surface area (TPSA) is 68.7 Å². The summed E-state index contributed by atoms with van der Waals surface area (Å²) in [6, 6.07) is 6.16. The van der Waals surface area contributed by atoms with Crippen LogP contribution in [-0.4, -0.2) is 66.6 Å². The quantitative estimate of drug-likeness (QED) is 0.335. The Bertz CT molecular complexity index is 714. The number of halogens is 1. The molecular formula is C19H30IN7S. The minimum absolute atomic E-state index is 0. The summed E-state index contributed by atoms with van der Waals surface area (Å²) >= 11 is 1.81. The monoisotopic (exact) mass is 515 g/mol. The number of hydrogen-bond acceptors (Lipinski definition) is 6. The highest BCUT2D eigenvalue weighted by Gasteiger charge is 2.18. The lowest BCUT2D eigenvalue weighted by atomic mass is 10.3. The first-order valence-electron chi connectivity index (χ1n) is 9.56. The Morgan fingerprint density at radius 2 is 1.89 bits per heavy atom. The molecule has 0 spiro atoms. The normalized spacial score (nSPS) is 15.2. The molecule has 3 heterocycles. The van der Waals surface area contributed by atoms with Crippen LogP contribution in [0.15, 0.2) is 35.6 Å². The molecule has 0 atom stereocenters. The molecule has 2 aromatic heterocycles. The van der Waals surface area contributed by atoms with Crippen molar-refractivity contribution in [2.75, 3.05) is 50.7 Å². The SMILES string of the molecule is CCNC(=NCc1ccc(C)s1)NCCN1CCN(c2ncccn2)CC1.I. The average Bonchev–Trinajstić information content (AvgIpc) is 3.12. The Hall–Kier alpha value is -1.46. The van der Waals surface area contributed by atoms with E-state index in [0.29, 0.717) is 0 Å². The number of anilines is 1. The predicted molar refractivity (Wildman–Crippen MR) is 128 cm³/mol. The number of thiophene rings is 1. The van der Waals surface area contributed by atoms with Crippen LogP contribution in [-0.2, 0) is 6.54 Å². The molecule has 0 amide bonds. The van der Waals surface area contributed by atoms with Gasteiger partial charge < -0.3 is 15.5 Å². The molecule has 3 rings (SSSR count). The lowest BCUT2D eigenvalue weighted by molar-refractivity contribution is 0.260. The van der Waals surface area contributed by atoms with Gasteiger partial charge in [0.25, 0.3) is 0 Å². The van der Waals surface area contributed by atoms with Crippen molar-refractivity contribution in [1.29, 1.82) is 0 Å². The van der Waals surface area contributed by atoms with Crippen LogP contribution in [0.1, 0.15) is 16.7 Å². The summed E-state index contributed by atoms with van der Waals surface area (Å²) in [5, 5.41) is 6.78. The van der Waals surface area contributed by atoms with Gasteiger partial charge in [0.05, 0.1) is 6.54 Å². The molecular weight excluding hydrogens is 485 g/mol. The molecule has 0 aliphatic carbocycles. The van der Waals surface area contributed by atoms with Gasteiger partial charge in [-0.25, -0.2) is 15.0 Å². The number of rotatable bonds is 7. The molecule has 0 aromatic carbocycles. The van der Waals surface area contributed by atoms with Crippen molar-refractivity contribution >= 4 is 47.2 Å². The van der Waals surface area contributed by atoms with Crippen molar-refractivity contribution in [3.63, 3.8) is 0 Å². The number of hydrogen-bond donors (Lipinski definition) is 2. The van der Waals surface area contributed by atoms with Crippen LogP contribution >= 0.6 is 35.3 Å². The summed E-state index contributed by atoms with van der Waals surface area (Å²) < 4.78 is 0. The van der Waals surface area contributed by atoms with Crippen LogP contribution in [0.3, 0.4) is 0 Å². The highest BCUT2D eigenvalue weighted by atomic mass is 127. The maximum Gasteiger partial charge on any atom is 0.225 e. The minimum Gasteiger partial charge on any atom is -0.357 e. The molecule has 0 bridgehead atoms. The third kappa shape index (κ3) is 7.17. The first kappa shape index (κ1) is 22.8. The zero-order valence-corrected chi connectivity index (χ0v) is 19.7. The maximum absolute atomic E-state index is 4.69. The molecule has 9 heteroatoms. The van der Waals surface area contributed by atoms with Crippen molar-refractivity contribution in [1.82, 2.24) is 25.5 Å². The standard InChI is InChI=1S/C19H29N7S.HI/c1-3-20-18(24-15-17-6-5-16(2)27-17)21-9-10-25-11-13-26(14-12-25)19-22-7-4-8-23-19;/h4-8H,3,9-15H2,1-2H3,(H2,20,21,24);1H. The van der Waals surface area contributed by atoms with E-state index in [0.717, 1.165) is 64.3 Å². The number of nitrogens with one attached hydrogen (secondary N) is 2. The van der Waals surface area contributed by atoms with Gasteiger partial charge in [0.2, 0.25) is 5.95 Å². The lowest BCUT2D eigenvalue weighted by Crippen LogP contribution is -2.49. The zero-order valence-electron chi connectivity index (χ0n) is 16.6. The first-order valence-corrected chi connectivity index (χ1v) is 10.4. The summed E-state index contributed by atoms with van der Waals surface area (Å²) in [6.45, 7) is 11.7. The second-order valence-electron chi connectivity index (χ2n) is 6.51. The van der Waals surface area contributed by atoms with Crippen LogP contribution in [0.5, 0.6) is 0 Å². The van der Waals surface area contributed by atoms with Gasteiger partial charge in [-0.15, -0.1) is 35.3 Å². The molecule has 1 aliphatic rings. The largest absolute Gasteiger partial charge is 0.357 e. The Morgan fingerprint density at radius 3 is 2.54 bits per heavy atom. The van der Waals surface area contributed by atoms with Crippen LogP contribution in [0.4, 0.5) is 5.95 Å². The molecule has 0 saturated carbocycles. The van der Waals surface area contributed by atoms with Gasteiger partial charge in [-0.3, -0.25) is 4.90 Å². The predicted octanol–water partition coefficient (Wildman–Crippen LogP) is 2.34. The smallest absolute Gasteiger partial charge is 0.225 e. The maximum atomic E-state index is 4.69. The van der Waals surface area contributed by atoms with Gasteiger partial charge in [-0.1, -0.05) is 0 Å². The fourth-order valence-corrected chi connectivity index (χ4v) is 3.84. The fraction of sp³-hybridized carbons (Fsp3) is 0.526. The molecule has 28 heavy (non-hydrogen) atoms. The van der Waals surface area contributed by atoms with Crippen LogP contribution < -0.4 is 15.5 Å². The second-order valence-corrected chi connectivity index (χ2v) is 7.88. The second kappa shape index (κ2) is 12.2. The number of guanidine groups is 1. The Labute approximate surface area is 188 Å². The number of aryl methyl sites for hydroxylation is 1. The van der Waals surface area contributed by atoms with Crippen molar-refractivity contribution in [2.45, 2.75) is 20.4 Å². The molecule has 0 radical (unpaired) electrons. The van der Waals surface area contributed by atoms with Crippen molar-refractivity contribution in [3.05, 3.63) is 40.3 Å². The van der Waals surface area contributed by atoms with Gasteiger partial charge in [-0.2, -0.15) is 0 Å².